The van der Waals surface area contributed by atoms with Crippen molar-refractivity contribution >= 4 is 75.9 Å². The summed E-state index contributed by atoms with van der Waals surface area (Å²) in [4.78, 5) is 4.31. The van der Waals surface area contributed by atoms with Gasteiger partial charge in [-0.1, -0.05) is 123 Å². The molecule has 0 radical (unpaired) electrons. The normalized spacial score (nSPS) is 12.1. The van der Waals surface area contributed by atoms with Crippen LogP contribution in [0, 0.1) is 0 Å². The van der Waals surface area contributed by atoms with E-state index in [1.54, 1.807) is 0 Å². The maximum atomic E-state index is 4.81. The van der Waals surface area contributed by atoms with Gasteiger partial charge in [0.2, 0.25) is 0 Å². The second kappa shape index (κ2) is 20.6. The van der Waals surface area contributed by atoms with Crippen LogP contribution in [0.1, 0.15) is 83.1 Å². The summed E-state index contributed by atoms with van der Waals surface area (Å²) < 4.78 is 0. The molecule has 0 heterocycles. The zero-order valence-electron chi connectivity index (χ0n) is 28.6. The van der Waals surface area contributed by atoms with Crippen LogP contribution in [0.3, 0.4) is 0 Å². The average Bonchev–Trinajstić information content (AvgIpc) is 2.77. The molecule has 0 saturated carbocycles. The van der Waals surface area contributed by atoms with Gasteiger partial charge in [0, 0.05) is 39.6 Å². The van der Waals surface area contributed by atoms with Gasteiger partial charge in [-0.05, 0) is 55.5 Å². The van der Waals surface area contributed by atoms with Crippen molar-refractivity contribution in [2.24, 2.45) is 0 Å². The van der Waals surface area contributed by atoms with Crippen LogP contribution >= 0.6 is 54.0 Å². The molecule has 0 spiro atoms. The fourth-order valence-corrected chi connectivity index (χ4v) is 13.4. The first-order valence-electron chi connectivity index (χ1n) is 13.7. The van der Waals surface area contributed by atoms with Crippen LogP contribution in [0.5, 0.6) is 0 Å². The molecule has 0 amide bonds. The van der Waals surface area contributed by atoms with Crippen molar-refractivity contribution in [3.63, 3.8) is 0 Å². The van der Waals surface area contributed by atoms with E-state index >= 15 is 0 Å². The van der Waals surface area contributed by atoms with Crippen LogP contribution in [-0.4, -0.2) is 48.8 Å². The van der Waals surface area contributed by atoms with Crippen molar-refractivity contribution < 1.29 is 31.9 Å². The Morgan fingerprint density at radius 1 is 0.429 bits per heavy atom. The Kier molecular flexibility index (Phi) is 22.3. The molecule has 10 heteroatoms. The van der Waals surface area contributed by atoms with Crippen molar-refractivity contribution in [3.8, 4) is 0 Å². The fraction of sp³-hybridized carbons (Fsp3) is 0.625. The van der Waals surface area contributed by atoms with Crippen LogP contribution in [0.25, 0.3) is 0 Å². The molecule has 2 aromatic carbocycles. The molecule has 0 aliphatic heterocycles. The second-order valence-electron chi connectivity index (χ2n) is 14.3. The van der Waals surface area contributed by atoms with Crippen molar-refractivity contribution in [2.45, 2.75) is 104 Å². The van der Waals surface area contributed by atoms with Crippen molar-refractivity contribution in [1.29, 1.82) is 0 Å². The Balaban J connectivity index is 0. The van der Waals surface area contributed by atoms with E-state index in [1.807, 2.05) is 0 Å². The summed E-state index contributed by atoms with van der Waals surface area (Å²) in [7, 11) is 27.2. The summed E-state index contributed by atoms with van der Waals surface area (Å²) >= 11 is -0.211. The Morgan fingerprint density at radius 2 is 0.595 bits per heavy atom. The van der Waals surface area contributed by atoms with Gasteiger partial charge in [-0.15, -0.1) is 0 Å². The van der Waals surface area contributed by atoms with Gasteiger partial charge >= 0.3 is 70.0 Å². The Hall–Kier alpha value is 1.38. The third kappa shape index (κ3) is 17.9. The van der Waals surface area contributed by atoms with E-state index in [9.17, 15) is 0 Å². The topological polar surface area (TPSA) is 6.48 Å². The summed E-state index contributed by atoms with van der Waals surface area (Å²) in [6.07, 6.45) is 0. The second-order valence-corrected chi connectivity index (χ2v) is 26.7. The monoisotopic (exact) mass is 882 g/mol. The van der Waals surface area contributed by atoms with Crippen LogP contribution in [0.15, 0.2) is 48.5 Å². The van der Waals surface area contributed by atoms with Crippen LogP contribution in [0.2, 0.25) is 0 Å². The van der Waals surface area contributed by atoms with Gasteiger partial charge in [-0.3, -0.25) is 0 Å². The molecule has 0 unspecified atom stereocenters. The molecule has 2 nitrogen and oxygen atoms in total. The van der Waals surface area contributed by atoms with Gasteiger partial charge in [0.25, 0.3) is 0 Å². The Bertz CT molecular complexity index is 869. The predicted molar refractivity (Wildman–Crippen MR) is 197 cm³/mol. The van der Waals surface area contributed by atoms with Crippen LogP contribution in [0.4, 0.5) is 11.4 Å². The maximum absolute atomic E-state index is 4.81. The molecule has 0 aliphatic carbocycles. The van der Waals surface area contributed by atoms with Gasteiger partial charge in [0.05, 0.1) is 0 Å². The minimum absolute atomic E-state index is 0.106. The van der Waals surface area contributed by atoms with Crippen LogP contribution < -0.4 is 20.4 Å². The molecule has 0 fully saturated rings. The standard InChI is InChI=1S/2C16H28NP.4ClH.2Pd/c2*1-15(2,3)18(16(4,5)6)14-11-9-13(10-12-14)17(7)8;;;;;;/h2*9-12H,1-8H3;4*1H;;/q;;;;;;2*+2/p-4. The molecule has 2 aromatic rings. The average molecular weight is 885 g/mol. The summed E-state index contributed by atoms with van der Waals surface area (Å²) in [6, 6.07) is 18.2. The Morgan fingerprint density at radius 3 is 0.714 bits per heavy atom. The summed E-state index contributed by atoms with van der Waals surface area (Å²) in [5, 5.41) is 4.38. The van der Waals surface area contributed by atoms with Gasteiger partial charge in [0.1, 0.15) is 0 Å². The van der Waals surface area contributed by atoms with Crippen LogP contribution in [-0.2, 0) is 31.9 Å². The predicted octanol–water partition coefficient (Wildman–Crippen LogP) is 11.7. The number of halogens is 4. The van der Waals surface area contributed by atoms with E-state index in [1.165, 1.54) is 22.0 Å². The summed E-state index contributed by atoms with van der Waals surface area (Å²) in [6.45, 7) is 28.4. The number of nitrogens with zero attached hydrogens (tertiary/aromatic N) is 2. The molecule has 0 atom stereocenters. The van der Waals surface area contributed by atoms with Crippen molar-refractivity contribution in [3.05, 3.63) is 48.5 Å². The molecular formula is C32H56Cl4N2P2Pd2. The molecular weight excluding hydrogens is 829 g/mol. The van der Waals surface area contributed by atoms with E-state index in [-0.39, 0.29) is 47.7 Å². The van der Waals surface area contributed by atoms with E-state index in [2.05, 4.69) is 170 Å². The first kappa shape index (κ1) is 45.5. The Labute approximate surface area is 295 Å². The molecule has 0 bridgehead atoms. The van der Waals surface area contributed by atoms with E-state index in [0.717, 1.165) is 0 Å². The summed E-state index contributed by atoms with van der Waals surface area (Å²) in [5.41, 5.74) is 2.55. The number of anilines is 2. The third-order valence-corrected chi connectivity index (χ3v) is 12.9. The zero-order chi connectivity index (χ0) is 33.7. The van der Waals surface area contributed by atoms with Crippen molar-refractivity contribution in [2.75, 3.05) is 38.0 Å². The molecule has 0 N–H and O–H groups in total. The quantitative estimate of drug-likeness (QED) is 0.223. The first-order chi connectivity index (χ1) is 18.9. The first-order valence-corrected chi connectivity index (χ1v) is 24.4. The van der Waals surface area contributed by atoms with Gasteiger partial charge in [0.15, 0.2) is 0 Å². The third-order valence-electron chi connectivity index (χ3n) is 5.93. The zero-order valence-corrected chi connectivity index (χ0v) is 36.5. The van der Waals surface area contributed by atoms with Crippen molar-refractivity contribution in [1.82, 2.24) is 0 Å². The fourth-order valence-electron chi connectivity index (χ4n) is 5.36. The number of hydrogen-bond donors (Lipinski definition) is 0. The number of rotatable bonds is 4. The SMILES string of the molecule is CN(C)c1ccc(P(C(C)(C)C)C(C)(C)C)cc1.CN(C)c1ccc(P(C(C)(C)C)C(C)(C)C)cc1.[Cl][Pd][Cl].[Cl][Pd][Cl]. The molecule has 2 rings (SSSR count). The summed E-state index contributed by atoms with van der Waals surface area (Å²) in [5.74, 6) is 0. The minimum atomic E-state index is -0.188. The van der Waals surface area contributed by atoms with E-state index in [4.69, 9.17) is 38.1 Å². The molecule has 0 aliphatic rings. The molecule has 0 saturated heterocycles. The van der Waals surface area contributed by atoms with Gasteiger partial charge in [-0.2, -0.15) is 0 Å². The molecule has 0 aromatic heterocycles. The van der Waals surface area contributed by atoms with Gasteiger partial charge < -0.3 is 9.80 Å². The number of benzene rings is 2. The number of hydrogen-bond acceptors (Lipinski definition) is 2. The van der Waals surface area contributed by atoms with Gasteiger partial charge in [-0.25, -0.2) is 0 Å². The van der Waals surface area contributed by atoms with E-state index in [0.29, 0.717) is 20.6 Å². The van der Waals surface area contributed by atoms with E-state index < -0.39 is 0 Å². The molecule has 42 heavy (non-hydrogen) atoms. The molecule has 252 valence electrons.